The van der Waals surface area contributed by atoms with Crippen molar-refractivity contribution < 1.29 is 9.72 Å². The van der Waals surface area contributed by atoms with Gasteiger partial charge in [0.1, 0.15) is 0 Å². The first-order valence-corrected chi connectivity index (χ1v) is 9.98. The molecule has 0 radical (unpaired) electrons. The number of aromatic nitrogens is 1. The van der Waals surface area contributed by atoms with E-state index < -0.39 is 11.0 Å². The van der Waals surface area contributed by atoms with Crippen molar-refractivity contribution in [3.8, 4) is 11.3 Å². The highest BCUT2D eigenvalue weighted by Crippen LogP contribution is 2.28. The van der Waals surface area contributed by atoms with Gasteiger partial charge in [-0.2, -0.15) is 4.99 Å². The van der Waals surface area contributed by atoms with Crippen molar-refractivity contribution in [3.05, 3.63) is 82.2 Å². The minimum Gasteiger partial charge on any atom is -0.369 e. The Kier molecular flexibility index (Phi) is 5.54. The predicted molar refractivity (Wildman–Crippen MR) is 122 cm³/mol. The molecule has 154 valence electrons. The molecule has 2 amide bonds. The molecule has 0 unspecified atom stereocenters. The molecule has 0 aliphatic heterocycles. The van der Waals surface area contributed by atoms with Gasteiger partial charge >= 0.3 is 6.03 Å². The minimum absolute atomic E-state index is 0.0261. The first-order valence-electron chi connectivity index (χ1n) is 9.10. The summed E-state index contributed by atoms with van der Waals surface area (Å²) in [5.41, 5.74) is 7.58. The van der Waals surface area contributed by atoms with Crippen molar-refractivity contribution in [3.63, 3.8) is 0 Å². The van der Waals surface area contributed by atoms with Crippen LogP contribution in [-0.2, 0) is 0 Å². The lowest BCUT2D eigenvalue weighted by atomic mass is 10.1. The van der Waals surface area contributed by atoms with Crippen molar-refractivity contribution in [2.75, 3.05) is 5.32 Å². The van der Waals surface area contributed by atoms with E-state index in [1.807, 2.05) is 36.4 Å². The molecule has 4 aromatic rings. The molecule has 0 aliphatic carbocycles. The average Bonchev–Trinajstić information content (AvgIpc) is 3.22. The number of carbonyl (C=O) groups is 1. The summed E-state index contributed by atoms with van der Waals surface area (Å²) in [4.78, 5) is 31.2. The number of rotatable bonds is 4. The van der Waals surface area contributed by atoms with Crippen LogP contribution < -0.4 is 16.4 Å². The highest BCUT2D eigenvalue weighted by molar-refractivity contribution is 7.13. The maximum Gasteiger partial charge on any atom is 0.326 e. The number of nitro benzene ring substituents is 1. The van der Waals surface area contributed by atoms with Gasteiger partial charge in [0.2, 0.25) is 11.1 Å². The van der Waals surface area contributed by atoms with Crippen LogP contribution in [0.25, 0.3) is 22.0 Å². The number of hydrogen-bond acceptors (Lipinski definition) is 6. The molecule has 3 aromatic carbocycles. The molecule has 1 aromatic heterocycles. The summed E-state index contributed by atoms with van der Waals surface area (Å²) < 4.78 is 0. The average molecular weight is 432 g/mol. The third-order valence-electron chi connectivity index (χ3n) is 4.34. The quantitative estimate of drug-likeness (QED) is 0.187. The number of nitrogens with zero attached hydrogens (tertiary/aromatic N) is 3. The summed E-state index contributed by atoms with van der Waals surface area (Å²) in [6, 6.07) is 18.9. The fourth-order valence-corrected chi connectivity index (χ4v) is 3.67. The van der Waals surface area contributed by atoms with Crippen LogP contribution in [0.3, 0.4) is 0 Å². The SMILES string of the molecule is N/C(=N\c1nc(-c2cccc([N+](=O)[O-])c2)cs1)NC(=O)Nc1cccc2ccccc12. The highest BCUT2D eigenvalue weighted by Gasteiger charge is 2.11. The number of benzene rings is 3. The van der Waals surface area contributed by atoms with Gasteiger partial charge in [-0.1, -0.05) is 48.5 Å². The third kappa shape index (κ3) is 4.65. The topological polar surface area (TPSA) is 136 Å². The lowest BCUT2D eigenvalue weighted by Gasteiger charge is -2.09. The normalized spacial score (nSPS) is 11.3. The summed E-state index contributed by atoms with van der Waals surface area (Å²) in [5.74, 6) is -0.127. The van der Waals surface area contributed by atoms with Gasteiger partial charge < -0.3 is 11.1 Å². The highest BCUT2D eigenvalue weighted by atomic mass is 32.1. The van der Waals surface area contributed by atoms with Crippen LogP contribution in [0.2, 0.25) is 0 Å². The lowest BCUT2D eigenvalue weighted by molar-refractivity contribution is -0.384. The van der Waals surface area contributed by atoms with E-state index in [1.165, 1.54) is 23.5 Å². The first-order chi connectivity index (χ1) is 15.0. The van der Waals surface area contributed by atoms with E-state index in [0.29, 0.717) is 22.1 Å². The van der Waals surface area contributed by atoms with Gasteiger partial charge in [0.05, 0.1) is 16.3 Å². The zero-order chi connectivity index (χ0) is 21.8. The van der Waals surface area contributed by atoms with Crippen LogP contribution in [0.4, 0.5) is 21.3 Å². The Bertz CT molecular complexity index is 1310. The second kappa shape index (κ2) is 8.59. The summed E-state index contributed by atoms with van der Waals surface area (Å²) in [7, 11) is 0. The number of guanidine groups is 1. The largest absolute Gasteiger partial charge is 0.369 e. The number of non-ortho nitro benzene ring substituents is 1. The van der Waals surface area contributed by atoms with Gasteiger partial charge in [-0.25, -0.2) is 9.78 Å². The zero-order valence-electron chi connectivity index (χ0n) is 16.0. The molecule has 0 saturated carbocycles. The molecule has 0 bridgehead atoms. The predicted octanol–water partition coefficient (Wildman–Crippen LogP) is 4.64. The van der Waals surface area contributed by atoms with Crippen molar-refractivity contribution in [2.45, 2.75) is 0 Å². The second-order valence-corrected chi connectivity index (χ2v) is 7.26. The Balaban J connectivity index is 1.46. The Morgan fingerprint density at radius 3 is 2.71 bits per heavy atom. The Morgan fingerprint density at radius 1 is 1.10 bits per heavy atom. The maximum atomic E-state index is 12.3. The number of fused-ring (bicyclic) bond motifs is 1. The van der Waals surface area contributed by atoms with Gasteiger partial charge in [0.15, 0.2) is 0 Å². The van der Waals surface area contributed by atoms with E-state index in [2.05, 4.69) is 20.6 Å². The lowest BCUT2D eigenvalue weighted by Crippen LogP contribution is -2.39. The fourth-order valence-electron chi connectivity index (χ4n) is 2.96. The number of amides is 2. The maximum absolute atomic E-state index is 12.3. The molecule has 0 aliphatic rings. The summed E-state index contributed by atoms with van der Waals surface area (Å²) in [6.45, 7) is 0. The smallest absolute Gasteiger partial charge is 0.326 e. The first kappa shape index (κ1) is 20.0. The van der Waals surface area contributed by atoms with Gasteiger partial charge in [0.25, 0.3) is 5.69 Å². The van der Waals surface area contributed by atoms with E-state index >= 15 is 0 Å². The Labute approximate surface area is 180 Å². The minimum atomic E-state index is -0.534. The third-order valence-corrected chi connectivity index (χ3v) is 5.07. The fraction of sp³-hybridized carbons (Fsp3) is 0. The molecule has 31 heavy (non-hydrogen) atoms. The number of hydrogen-bond donors (Lipinski definition) is 3. The number of carbonyl (C=O) groups excluding carboxylic acids is 1. The van der Waals surface area contributed by atoms with Gasteiger partial charge in [0, 0.05) is 28.5 Å². The monoisotopic (exact) mass is 432 g/mol. The standard InChI is InChI=1S/C21H16N6O3S/c22-19(25-20(28)23-17-10-4-6-13-5-1-2-9-16(13)17)26-21-24-18(12-31-21)14-7-3-8-15(11-14)27(29)30/h1-12H,(H4,22,23,24,25,26,28). The number of nitrogens with one attached hydrogen (secondary N) is 2. The van der Waals surface area contributed by atoms with Crippen molar-refractivity contribution in [2.24, 2.45) is 10.7 Å². The van der Waals surface area contributed by atoms with Crippen LogP contribution >= 0.6 is 11.3 Å². The van der Waals surface area contributed by atoms with E-state index in [-0.39, 0.29) is 11.6 Å². The van der Waals surface area contributed by atoms with Crippen LogP contribution in [0.15, 0.2) is 77.1 Å². The number of thiazole rings is 1. The number of urea groups is 1. The second-order valence-electron chi connectivity index (χ2n) is 6.43. The molecule has 4 N–H and O–H groups in total. The molecule has 9 nitrogen and oxygen atoms in total. The van der Waals surface area contributed by atoms with Gasteiger partial charge in [-0.3, -0.25) is 15.4 Å². The summed E-state index contributed by atoms with van der Waals surface area (Å²) in [5, 5.41) is 20.1. The number of nitrogens with two attached hydrogens (primary N) is 1. The number of anilines is 1. The zero-order valence-corrected chi connectivity index (χ0v) is 16.8. The molecular weight excluding hydrogens is 416 g/mol. The van der Waals surface area contributed by atoms with E-state index in [4.69, 9.17) is 5.73 Å². The summed E-state index contributed by atoms with van der Waals surface area (Å²) in [6.07, 6.45) is 0. The van der Waals surface area contributed by atoms with E-state index in [9.17, 15) is 14.9 Å². The molecule has 0 spiro atoms. The molecule has 4 rings (SSSR count). The van der Waals surface area contributed by atoms with E-state index in [0.717, 1.165) is 10.8 Å². The van der Waals surface area contributed by atoms with Gasteiger partial charge in [-0.15, -0.1) is 11.3 Å². The molecule has 0 saturated heterocycles. The van der Waals surface area contributed by atoms with Crippen LogP contribution in [-0.4, -0.2) is 21.9 Å². The van der Waals surface area contributed by atoms with Crippen molar-refractivity contribution >= 4 is 50.6 Å². The van der Waals surface area contributed by atoms with E-state index in [1.54, 1.807) is 23.6 Å². The van der Waals surface area contributed by atoms with Crippen LogP contribution in [0, 0.1) is 10.1 Å². The molecule has 1 heterocycles. The van der Waals surface area contributed by atoms with Crippen LogP contribution in [0.5, 0.6) is 0 Å². The number of aliphatic imine (C=N–C) groups is 1. The van der Waals surface area contributed by atoms with Crippen molar-refractivity contribution in [1.29, 1.82) is 0 Å². The molecule has 0 fully saturated rings. The van der Waals surface area contributed by atoms with Crippen molar-refractivity contribution in [1.82, 2.24) is 10.3 Å². The van der Waals surface area contributed by atoms with Gasteiger partial charge in [-0.05, 0) is 11.5 Å². The van der Waals surface area contributed by atoms with Crippen LogP contribution in [0.1, 0.15) is 0 Å². The molecular formula is C21H16N6O3S. The molecule has 10 heteroatoms. The molecule has 0 atom stereocenters. The summed E-state index contributed by atoms with van der Waals surface area (Å²) >= 11 is 1.20. The Morgan fingerprint density at radius 2 is 1.87 bits per heavy atom. The number of nitro groups is 1. The Hall–Kier alpha value is -4.31.